The first-order valence-corrected chi connectivity index (χ1v) is 10.0. The molecular formula is C23H38ClNO3. The number of rotatable bonds is 3. The molecule has 2 rings (SSSR count). The molecule has 5 heteroatoms. The van der Waals surface area contributed by atoms with Crippen molar-refractivity contribution in [1.29, 1.82) is 0 Å². The third kappa shape index (κ3) is 12.2. The van der Waals surface area contributed by atoms with Crippen LogP contribution in [0.2, 0.25) is 5.02 Å². The van der Waals surface area contributed by atoms with Crippen molar-refractivity contribution in [3.05, 3.63) is 58.1 Å². The summed E-state index contributed by atoms with van der Waals surface area (Å²) in [7, 11) is 3.23. The quantitative estimate of drug-likeness (QED) is 0.601. The number of halogens is 1. The fraction of sp³-hybridized carbons (Fsp3) is 0.435. The number of methoxy groups -OCH3 is 2. The fourth-order valence-corrected chi connectivity index (χ4v) is 2.11. The van der Waals surface area contributed by atoms with Crippen LogP contribution in [0.1, 0.15) is 63.0 Å². The molecule has 28 heavy (non-hydrogen) atoms. The first kappa shape index (κ1) is 30.5. The Morgan fingerprint density at radius 2 is 1.36 bits per heavy atom. The summed E-state index contributed by atoms with van der Waals surface area (Å²) in [5.74, 6) is 1.21. The molecule has 2 N–H and O–H groups in total. The zero-order valence-corrected chi connectivity index (χ0v) is 19.9. The lowest BCUT2D eigenvalue weighted by atomic mass is 10.1. The van der Waals surface area contributed by atoms with Gasteiger partial charge in [-0.15, -0.1) is 0 Å². The Hall–Kier alpha value is -2.20. The smallest absolute Gasteiger partial charge is 0.248 e. The van der Waals surface area contributed by atoms with Gasteiger partial charge in [0.25, 0.3) is 0 Å². The molecule has 0 aliphatic heterocycles. The van der Waals surface area contributed by atoms with Gasteiger partial charge in [0.05, 0.1) is 14.2 Å². The summed E-state index contributed by atoms with van der Waals surface area (Å²) >= 11 is 5.72. The van der Waals surface area contributed by atoms with Crippen LogP contribution in [0, 0.1) is 13.8 Å². The van der Waals surface area contributed by atoms with E-state index < -0.39 is 5.91 Å². The van der Waals surface area contributed by atoms with Gasteiger partial charge in [-0.2, -0.15) is 0 Å². The number of nitrogens with two attached hydrogens (primary N) is 1. The molecule has 0 saturated carbocycles. The molecule has 0 spiro atoms. The molecule has 0 aliphatic rings. The second kappa shape index (κ2) is 19.6. The van der Waals surface area contributed by atoms with Crippen molar-refractivity contribution in [2.75, 3.05) is 14.2 Å². The van der Waals surface area contributed by atoms with Crippen LogP contribution in [-0.4, -0.2) is 20.1 Å². The van der Waals surface area contributed by atoms with E-state index in [2.05, 4.69) is 0 Å². The van der Waals surface area contributed by atoms with Crippen molar-refractivity contribution >= 4 is 17.5 Å². The predicted octanol–water partition coefficient (Wildman–Crippen LogP) is 6.84. The third-order valence-corrected chi connectivity index (χ3v) is 3.29. The molecule has 1 amide bonds. The van der Waals surface area contributed by atoms with E-state index in [-0.39, 0.29) is 0 Å². The van der Waals surface area contributed by atoms with Gasteiger partial charge in [0.1, 0.15) is 11.5 Å². The largest absolute Gasteiger partial charge is 0.497 e. The Bertz CT molecular complexity index is 658. The number of carbonyl (C=O) groups excluding carboxylic acids is 1. The van der Waals surface area contributed by atoms with E-state index in [1.165, 1.54) is 0 Å². The summed E-state index contributed by atoms with van der Waals surface area (Å²) in [4.78, 5) is 10.8. The normalized spacial score (nSPS) is 8.11. The van der Waals surface area contributed by atoms with Gasteiger partial charge in [0.15, 0.2) is 0 Å². The van der Waals surface area contributed by atoms with Crippen molar-refractivity contribution in [2.45, 2.75) is 55.4 Å². The van der Waals surface area contributed by atoms with Gasteiger partial charge in [-0.25, -0.2) is 0 Å². The highest BCUT2D eigenvalue weighted by atomic mass is 35.5. The number of benzene rings is 2. The number of hydrogen-bond donors (Lipinski definition) is 1. The summed E-state index contributed by atoms with van der Waals surface area (Å²) in [6.45, 7) is 15.8. The number of ether oxygens (including phenoxy) is 2. The standard InChI is InChI=1S/C9H11NO2.C8H9ClO.3C2H6/c1-6-5-7(12-2)3-4-8(6)9(10)11;1-6-5-7(9)3-4-8(6)10-2;3*1-2/h3-5H,1-2H3,(H2,10,11);3-5H,1-2H3;3*1-2H3. The van der Waals surface area contributed by atoms with Crippen molar-refractivity contribution in [3.63, 3.8) is 0 Å². The molecule has 2 aromatic carbocycles. The molecule has 160 valence electrons. The van der Waals surface area contributed by atoms with Crippen LogP contribution >= 0.6 is 11.6 Å². The van der Waals surface area contributed by atoms with Gasteiger partial charge in [-0.05, 0) is 61.4 Å². The van der Waals surface area contributed by atoms with Crippen LogP contribution in [0.15, 0.2) is 36.4 Å². The lowest BCUT2D eigenvalue weighted by Crippen LogP contribution is -2.12. The first-order valence-electron chi connectivity index (χ1n) is 9.63. The first-order chi connectivity index (χ1) is 13.4. The van der Waals surface area contributed by atoms with Crippen molar-refractivity contribution in [1.82, 2.24) is 0 Å². The van der Waals surface area contributed by atoms with E-state index in [9.17, 15) is 4.79 Å². The lowest BCUT2D eigenvalue weighted by Gasteiger charge is -2.03. The van der Waals surface area contributed by atoms with E-state index in [0.717, 1.165) is 27.6 Å². The van der Waals surface area contributed by atoms with E-state index in [1.807, 2.05) is 73.6 Å². The zero-order chi connectivity index (χ0) is 22.7. The van der Waals surface area contributed by atoms with Crippen molar-refractivity contribution in [2.24, 2.45) is 5.73 Å². The molecule has 0 unspecified atom stereocenters. The fourth-order valence-electron chi connectivity index (χ4n) is 1.88. The minimum atomic E-state index is -0.407. The molecule has 2 aromatic rings. The maximum Gasteiger partial charge on any atom is 0.248 e. The average molecular weight is 412 g/mol. The van der Waals surface area contributed by atoms with E-state index in [1.54, 1.807) is 32.4 Å². The highest BCUT2D eigenvalue weighted by molar-refractivity contribution is 6.30. The van der Waals surface area contributed by atoms with Crippen LogP contribution < -0.4 is 15.2 Å². The highest BCUT2D eigenvalue weighted by Crippen LogP contribution is 2.20. The molecule has 0 atom stereocenters. The predicted molar refractivity (Wildman–Crippen MR) is 123 cm³/mol. The molecule has 0 aromatic heterocycles. The molecular weight excluding hydrogens is 374 g/mol. The van der Waals surface area contributed by atoms with Gasteiger partial charge in [0.2, 0.25) is 5.91 Å². The van der Waals surface area contributed by atoms with Crippen LogP contribution in [0.3, 0.4) is 0 Å². The third-order valence-electron chi connectivity index (χ3n) is 3.06. The van der Waals surface area contributed by atoms with Gasteiger partial charge in [0, 0.05) is 10.6 Å². The summed E-state index contributed by atoms with van der Waals surface area (Å²) in [5.41, 5.74) is 7.56. The molecule has 0 saturated heterocycles. The maximum absolute atomic E-state index is 10.8. The Balaban J connectivity index is -0.000000355. The lowest BCUT2D eigenvalue weighted by molar-refractivity contribution is 0.0999. The second-order valence-electron chi connectivity index (χ2n) is 4.66. The highest BCUT2D eigenvalue weighted by Gasteiger charge is 2.04. The van der Waals surface area contributed by atoms with E-state index in [4.69, 9.17) is 26.8 Å². The minimum absolute atomic E-state index is 0.407. The minimum Gasteiger partial charge on any atom is -0.497 e. The summed E-state index contributed by atoms with van der Waals surface area (Å²) in [6.07, 6.45) is 0. The number of amides is 1. The number of carbonyl (C=O) groups is 1. The van der Waals surface area contributed by atoms with Gasteiger partial charge >= 0.3 is 0 Å². The maximum atomic E-state index is 10.8. The number of hydrogen-bond acceptors (Lipinski definition) is 3. The molecule has 0 fully saturated rings. The molecule has 0 bridgehead atoms. The molecule has 0 aliphatic carbocycles. The number of aryl methyl sites for hydroxylation is 2. The average Bonchev–Trinajstić information content (AvgIpc) is 2.72. The monoisotopic (exact) mass is 411 g/mol. The molecule has 0 radical (unpaired) electrons. The van der Waals surface area contributed by atoms with Crippen LogP contribution in [-0.2, 0) is 0 Å². The zero-order valence-electron chi connectivity index (χ0n) is 19.1. The van der Waals surface area contributed by atoms with E-state index >= 15 is 0 Å². The Morgan fingerprint density at radius 1 is 0.821 bits per heavy atom. The van der Waals surface area contributed by atoms with Gasteiger partial charge in [-0.1, -0.05) is 53.1 Å². The SMILES string of the molecule is CC.CC.CC.COc1ccc(C(N)=O)c(C)c1.COc1ccc(Cl)cc1C. The topological polar surface area (TPSA) is 61.5 Å². The summed E-state index contributed by atoms with van der Waals surface area (Å²) in [5, 5.41) is 0.748. The Labute approximate surface area is 177 Å². The van der Waals surface area contributed by atoms with E-state index in [0.29, 0.717) is 5.56 Å². The van der Waals surface area contributed by atoms with Crippen LogP contribution in [0.25, 0.3) is 0 Å². The van der Waals surface area contributed by atoms with Crippen molar-refractivity contribution < 1.29 is 14.3 Å². The van der Waals surface area contributed by atoms with Gasteiger partial charge in [-0.3, -0.25) is 4.79 Å². The van der Waals surface area contributed by atoms with Crippen LogP contribution in [0.5, 0.6) is 11.5 Å². The summed E-state index contributed by atoms with van der Waals surface area (Å²) < 4.78 is 10.0. The van der Waals surface area contributed by atoms with Crippen LogP contribution in [0.4, 0.5) is 0 Å². The Kier molecular flexibility index (Phi) is 21.3. The second-order valence-corrected chi connectivity index (χ2v) is 5.10. The summed E-state index contributed by atoms with van der Waals surface area (Å²) in [6, 6.07) is 10.7. The molecule has 0 heterocycles. The van der Waals surface area contributed by atoms with Crippen molar-refractivity contribution in [3.8, 4) is 11.5 Å². The number of primary amides is 1. The van der Waals surface area contributed by atoms with Gasteiger partial charge < -0.3 is 15.2 Å². The molecule has 4 nitrogen and oxygen atoms in total. The Morgan fingerprint density at radius 3 is 1.71 bits per heavy atom.